The van der Waals surface area contributed by atoms with Gasteiger partial charge in [-0.1, -0.05) is 19.8 Å². The molecule has 0 aliphatic heterocycles. The average molecular weight is 268 g/mol. The molecule has 0 atom stereocenters. The Labute approximate surface area is 104 Å². The molecule has 96 valence electrons. The smallest absolute Gasteiger partial charge is 0.212 e. The summed E-state index contributed by atoms with van der Waals surface area (Å²) < 4.78 is 25.9. The Hall–Kier alpha value is 0.200. The second-order valence-electron chi connectivity index (χ2n) is 4.35. The summed E-state index contributed by atoms with van der Waals surface area (Å²) in [6.45, 7) is 2.53. The molecule has 0 saturated heterocycles. The zero-order chi connectivity index (χ0) is 12.0. The van der Waals surface area contributed by atoms with E-state index in [9.17, 15) is 8.42 Å². The van der Waals surface area contributed by atoms with Gasteiger partial charge in [0.1, 0.15) is 0 Å². The summed E-state index contributed by atoms with van der Waals surface area (Å²) in [4.78, 5) is 0. The number of hydrogen-bond acceptors (Lipinski definition) is 2. The summed E-state index contributed by atoms with van der Waals surface area (Å²) in [7, 11) is -3.05. The second kappa shape index (κ2) is 6.82. The fraction of sp³-hybridized carbons (Fsp3) is 1.00. The first kappa shape index (κ1) is 14.3. The molecule has 0 amide bonds. The lowest BCUT2D eigenvalue weighted by molar-refractivity contribution is 0.335. The van der Waals surface area contributed by atoms with E-state index in [1.165, 1.54) is 12.8 Å². The van der Waals surface area contributed by atoms with Gasteiger partial charge in [0.25, 0.3) is 0 Å². The van der Waals surface area contributed by atoms with Crippen LogP contribution in [-0.2, 0) is 10.0 Å². The molecule has 0 heterocycles. The average Bonchev–Trinajstić information content (AvgIpc) is 2.72. The lowest BCUT2D eigenvalue weighted by Crippen LogP contribution is -2.40. The van der Waals surface area contributed by atoms with Gasteiger partial charge in [0.2, 0.25) is 10.0 Å². The predicted octanol–water partition coefficient (Wildman–Crippen LogP) is 2.60. The number of alkyl halides is 1. The molecule has 0 aromatic carbocycles. The standard InChI is InChI=1S/C11H22ClNO2S/c1-2-13(11-7-3-4-8-11)16(14,15)10-6-5-9-12/h11H,2-10H2,1H3. The summed E-state index contributed by atoms with van der Waals surface area (Å²) in [6.07, 6.45) is 5.85. The van der Waals surface area contributed by atoms with Crippen LogP contribution in [0, 0.1) is 0 Å². The molecule has 0 bridgehead atoms. The highest BCUT2D eigenvalue weighted by Gasteiger charge is 2.29. The summed E-state index contributed by atoms with van der Waals surface area (Å²) in [5, 5.41) is 0. The molecule has 0 unspecified atom stereocenters. The summed E-state index contributed by atoms with van der Waals surface area (Å²) in [5.41, 5.74) is 0. The fourth-order valence-electron chi connectivity index (χ4n) is 2.37. The first-order valence-corrected chi connectivity index (χ1v) is 8.31. The molecule has 1 fully saturated rings. The quantitative estimate of drug-likeness (QED) is 0.525. The fourth-order valence-corrected chi connectivity index (χ4v) is 4.42. The van der Waals surface area contributed by atoms with Gasteiger partial charge in [-0.15, -0.1) is 11.6 Å². The van der Waals surface area contributed by atoms with Gasteiger partial charge in [-0.25, -0.2) is 8.42 Å². The molecular formula is C11H22ClNO2S. The normalized spacial score (nSPS) is 18.4. The molecule has 0 spiro atoms. The van der Waals surface area contributed by atoms with E-state index >= 15 is 0 Å². The van der Waals surface area contributed by atoms with E-state index in [1.807, 2.05) is 6.92 Å². The van der Waals surface area contributed by atoms with Gasteiger partial charge in [0.15, 0.2) is 0 Å². The second-order valence-corrected chi connectivity index (χ2v) is 6.77. The molecule has 1 aliphatic carbocycles. The number of sulfonamides is 1. The highest BCUT2D eigenvalue weighted by atomic mass is 35.5. The van der Waals surface area contributed by atoms with Crippen LogP contribution in [0.1, 0.15) is 45.4 Å². The minimum Gasteiger partial charge on any atom is -0.212 e. The van der Waals surface area contributed by atoms with Crippen LogP contribution in [0.4, 0.5) is 0 Å². The van der Waals surface area contributed by atoms with Crippen LogP contribution in [0.15, 0.2) is 0 Å². The SMILES string of the molecule is CCN(C1CCCC1)S(=O)(=O)CCCCCl. The molecule has 1 saturated carbocycles. The Kier molecular flexibility index (Phi) is 6.08. The Morgan fingerprint density at radius 2 is 1.88 bits per heavy atom. The Morgan fingerprint density at radius 1 is 1.25 bits per heavy atom. The lowest BCUT2D eigenvalue weighted by Gasteiger charge is -2.26. The molecule has 16 heavy (non-hydrogen) atoms. The maximum atomic E-state index is 12.1. The van der Waals surface area contributed by atoms with Crippen LogP contribution in [0.5, 0.6) is 0 Å². The van der Waals surface area contributed by atoms with E-state index in [0.29, 0.717) is 18.8 Å². The van der Waals surface area contributed by atoms with Crippen LogP contribution in [0.2, 0.25) is 0 Å². The summed E-state index contributed by atoms with van der Waals surface area (Å²) in [6, 6.07) is 0.256. The van der Waals surface area contributed by atoms with Crippen molar-refractivity contribution >= 4 is 21.6 Å². The minimum absolute atomic E-state index is 0.254. The van der Waals surface area contributed by atoms with Crippen LogP contribution in [-0.4, -0.2) is 36.9 Å². The van der Waals surface area contributed by atoms with Gasteiger partial charge in [-0.3, -0.25) is 0 Å². The molecule has 0 N–H and O–H groups in total. The highest BCUT2D eigenvalue weighted by Crippen LogP contribution is 2.25. The number of nitrogens with zero attached hydrogens (tertiary/aromatic N) is 1. The van der Waals surface area contributed by atoms with Gasteiger partial charge in [-0.05, 0) is 25.7 Å². The largest absolute Gasteiger partial charge is 0.214 e. The van der Waals surface area contributed by atoms with Gasteiger partial charge < -0.3 is 0 Å². The van der Waals surface area contributed by atoms with Crippen molar-refractivity contribution in [2.24, 2.45) is 0 Å². The molecule has 3 nitrogen and oxygen atoms in total. The Balaban J connectivity index is 2.55. The summed E-state index contributed by atoms with van der Waals surface area (Å²) >= 11 is 5.56. The van der Waals surface area contributed by atoms with Crippen LogP contribution in [0.25, 0.3) is 0 Å². The van der Waals surface area contributed by atoms with Crippen LogP contribution >= 0.6 is 11.6 Å². The number of hydrogen-bond donors (Lipinski definition) is 0. The van der Waals surface area contributed by atoms with Gasteiger partial charge in [0.05, 0.1) is 5.75 Å². The van der Waals surface area contributed by atoms with Crippen molar-refractivity contribution in [1.29, 1.82) is 0 Å². The third-order valence-corrected chi connectivity index (χ3v) is 5.53. The van der Waals surface area contributed by atoms with Crippen molar-refractivity contribution in [3.63, 3.8) is 0 Å². The molecule has 0 aromatic rings. The van der Waals surface area contributed by atoms with Crippen molar-refractivity contribution in [2.75, 3.05) is 18.2 Å². The van der Waals surface area contributed by atoms with Crippen molar-refractivity contribution < 1.29 is 8.42 Å². The van der Waals surface area contributed by atoms with Gasteiger partial charge >= 0.3 is 0 Å². The van der Waals surface area contributed by atoms with E-state index in [-0.39, 0.29) is 11.8 Å². The van der Waals surface area contributed by atoms with Crippen LogP contribution < -0.4 is 0 Å². The molecule has 1 rings (SSSR count). The topological polar surface area (TPSA) is 37.4 Å². The zero-order valence-corrected chi connectivity index (χ0v) is 11.6. The van der Waals surface area contributed by atoms with Crippen molar-refractivity contribution in [3.8, 4) is 0 Å². The Bertz CT molecular complexity index is 286. The maximum Gasteiger partial charge on any atom is 0.214 e. The van der Waals surface area contributed by atoms with Gasteiger partial charge in [-0.2, -0.15) is 4.31 Å². The molecule has 0 aromatic heterocycles. The number of unbranched alkanes of at least 4 members (excludes halogenated alkanes) is 1. The molecule has 1 aliphatic rings. The Morgan fingerprint density at radius 3 is 2.38 bits per heavy atom. The number of rotatable bonds is 7. The van der Waals surface area contributed by atoms with Crippen molar-refractivity contribution in [2.45, 2.75) is 51.5 Å². The zero-order valence-electron chi connectivity index (χ0n) is 9.99. The van der Waals surface area contributed by atoms with E-state index in [0.717, 1.165) is 19.3 Å². The van der Waals surface area contributed by atoms with E-state index in [4.69, 9.17) is 11.6 Å². The van der Waals surface area contributed by atoms with E-state index in [1.54, 1.807) is 4.31 Å². The monoisotopic (exact) mass is 267 g/mol. The third-order valence-electron chi connectivity index (χ3n) is 3.19. The van der Waals surface area contributed by atoms with Crippen molar-refractivity contribution in [3.05, 3.63) is 0 Å². The first-order valence-electron chi connectivity index (χ1n) is 6.17. The van der Waals surface area contributed by atoms with E-state index in [2.05, 4.69) is 0 Å². The van der Waals surface area contributed by atoms with E-state index < -0.39 is 10.0 Å². The maximum absolute atomic E-state index is 12.1. The third kappa shape index (κ3) is 3.90. The lowest BCUT2D eigenvalue weighted by atomic mass is 10.2. The molecular weight excluding hydrogens is 246 g/mol. The summed E-state index contributed by atoms with van der Waals surface area (Å²) in [5.74, 6) is 0.801. The molecule has 5 heteroatoms. The van der Waals surface area contributed by atoms with Crippen molar-refractivity contribution in [1.82, 2.24) is 4.31 Å². The first-order chi connectivity index (χ1) is 7.61. The van der Waals surface area contributed by atoms with Crippen LogP contribution in [0.3, 0.4) is 0 Å². The molecule has 0 radical (unpaired) electrons. The highest BCUT2D eigenvalue weighted by molar-refractivity contribution is 7.89. The van der Waals surface area contributed by atoms with Gasteiger partial charge in [0, 0.05) is 18.5 Å². The predicted molar refractivity (Wildman–Crippen MR) is 68.4 cm³/mol. The minimum atomic E-state index is -3.05. The number of halogens is 1.